The van der Waals surface area contributed by atoms with Crippen molar-refractivity contribution in [2.45, 2.75) is 6.54 Å². The Hall–Kier alpha value is -2.77. The molecule has 0 saturated carbocycles. The van der Waals surface area contributed by atoms with Crippen LogP contribution in [-0.2, 0) is 16.1 Å². The highest BCUT2D eigenvalue weighted by Crippen LogP contribution is 2.34. The van der Waals surface area contributed by atoms with Crippen LogP contribution in [0.4, 0.5) is 11.4 Å². The Bertz CT molecular complexity index is 836. The number of likely N-dealkylation sites (N-methyl/N-ethyl adjacent to an activating group) is 1. The third kappa shape index (κ3) is 4.37. The molecule has 0 atom stereocenters. The fourth-order valence-corrected chi connectivity index (χ4v) is 3.52. The lowest BCUT2D eigenvalue weighted by molar-refractivity contribution is -0.117. The molecule has 1 saturated heterocycles. The maximum atomic E-state index is 12.4. The Morgan fingerprint density at radius 3 is 2.75 bits per heavy atom. The Morgan fingerprint density at radius 2 is 1.89 bits per heavy atom. The van der Waals surface area contributed by atoms with Crippen molar-refractivity contribution in [2.24, 2.45) is 0 Å². The molecular weight excluding hydrogens is 358 g/mol. The first kappa shape index (κ1) is 18.6. The second-order valence-electron chi connectivity index (χ2n) is 7.02. The van der Waals surface area contributed by atoms with E-state index in [-0.39, 0.29) is 12.7 Å². The molecule has 0 unspecified atom stereocenters. The Labute approximate surface area is 164 Å². The fraction of sp³-hybridized carbons (Fsp3) is 0.381. The van der Waals surface area contributed by atoms with E-state index < -0.39 is 0 Å². The number of benzene rings is 2. The molecule has 2 aliphatic rings. The molecule has 1 N–H and O–H groups in total. The number of carbonyl (C=O) groups is 1. The Balaban J connectivity index is 1.35. The number of amides is 1. The van der Waals surface area contributed by atoms with E-state index in [1.807, 2.05) is 24.1 Å². The molecule has 0 aliphatic carbocycles. The van der Waals surface area contributed by atoms with Crippen LogP contribution in [0.5, 0.6) is 11.5 Å². The zero-order chi connectivity index (χ0) is 19.3. The largest absolute Gasteiger partial charge is 0.454 e. The van der Waals surface area contributed by atoms with Crippen LogP contribution in [0.25, 0.3) is 0 Å². The predicted octanol–water partition coefficient (Wildman–Crippen LogP) is 2.32. The molecule has 4 rings (SSSR count). The molecule has 2 aromatic rings. The number of carbonyl (C=O) groups excluding carboxylic acids is 1. The third-order valence-corrected chi connectivity index (χ3v) is 4.85. The van der Waals surface area contributed by atoms with Gasteiger partial charge < -0.3 is 24.4 Å². The van der Waals surface area contributed by atoms with Gasteiger partial charge >= 0.3 is 0 Å². The third-order valence-electron chi connectivity index (χ3n) is 4.85. The summed E-state index contributed by atoms with van der Waals surface area (Å²) in [5.41, 5.74) is 3.13. The molecule has 1 fully saturated rings. The van der Waals surface area contributed by atoms with E-state index >= 15 is 0 Å². The molecule has 0 radical (unpaired) electrons. The lowest BCUT2D eigenvalue weighted by Gasteiger charge is -2.31. The molecule has 2 aromatic carbocycles. The van der Waals surface area contributed by atoms with Crippen LogP contribution in [0, 0.1) is 0 Å². The highest BCUT2D eigenvalue weighted by Gasteiger charge is 2.17. The minimum absolute atomic E-state index is 0.0646. The van der Waals surface area contributed by atoms with Gasteiger partial charge in [-0.2, -0.15) is 0 Å². The van der Waals surface area contributed by atoms with Crippen molar-refractivity contribution in [3.8, 4) is 11.5 Å². The second kappa shape index (κ2) is 8.50. The summed E-state index contributed by atoms with van der Waals surface area (Å²) in [6.45, 7) is 4.51. The summed E-state index contributed by atoms with van der Waals surface area (Å²) in [6, 6.07) is 13.8. The first-order chi connectivity index (χ1) is 13.7. The van der Waals surface area contributed by atoms with Crippen LogP contribution in [0.3, 0.4) is 0 Å². The number of ether oxygens (including phenoxy) is 3. The van der Waals surface area contributed by atoms with Gasteiger partial charge in [-0.15, -0.1) is 0 Å². The highest BCUT2D eigenvalue weighted by atomic mass is 16.7. The number of morpholine rings is 1. The first-order valence-electron chi connectivity index (χ1n) is 9.48. The van der Waals surface area contributed by atoms with Crippen molar-refractivity contribution < 1.29 is 19.0 Å². The number of rotatable bonds is 6. The van der Waals surface area contributed by atoms with Crippen LogP contribution >= 0.6 is 0 Å². The average Bonchev–Trinajstić information content (AvgIpc) is 3.16. The van der Waals surface area contributed by atoms with E-state index in [1.54, 1.807) is 12.1 Å². The van der Waals surface area contributed by atoms with Gasteiger partial charge in [0, 0.05) is 37.1 Å². The van der Waals surface area contributed by atoms with Gasteiger partial charge in [0.05, 0.1) is 19.8 Å². The van der Waals surface area contributed by atoms with Gasteiger partial charge in [0.15, 0.2) is 11.5 Å². The van der Waals surface area contributed by atoms with Crippen molar-refractivity contribution in [2.75, 3.05) is 56.9 Å². The normalized spacial score (nSPS) is 15.7. The summed E-state index contributed by atoms with van der Waals surface area (Å²) in [6.07, 6.45) is 0. The van der Waals surface area contributed by atoms with Crippen molar-refractivity contribution in [1.29, 1.82) is 0 Å². The van der Waals surface area contributed by atoms with Crippen LogP contribution in [0.2, 0.25) is 0 Å². The standard InChI is InChI=1S/C21H25N3O4/c1-23(13-16-4-2-3-5-18(16)24-8-10-26-11-9-24)14-21(25)22-17-6-7-19-20(12-17)28-15-27-19/h2-7,12H,8-11,13-15H2,1H3,(H,22,25). The van der Waals surface area contributed by atoms with Gasteiger partial charge in [-0.3, -0.25) is 9.69 Å². The van der Waals surface area contributed by atoms with Crippen molar-refractivity contribution in [3.05, 3.63) is 48.0 Å². The number of para-hydroxylation sites is 1. The molecule has 28 heavy (non-hydrogen) atoms. The minimum atomic E-state index is -0.0646. The summed E-state index contributed by atoms with van der Waals surface area (Å²) >= 11 is 0. The topological polar surface area (TPSA) is 63.3 Å². The number of hydrogen-bond acceptors (Lipinski definition) is 6. The predicted molar refractivity (Wildman–Crippen MR) is 107 cm³/mol. The zero-order valence-electron chi connectivity index (χ0n) is 16.0. The quantitative estimate of drug-likeness (QED) is 0.826. The van der Waals surface area contributed by atoms with Gasteiger partial charge in [0.2, 0.25) is 12.7 Å². The molecule has 148 valence electrons. The van der Waals surface area contributed by atoms with Crippen LogP contribution in [0.15, 0.2) is 42.5 Å². The molecule has 2 heterocycles. The van der Waals surface area contributed by atoms with Crippen molar-refractivity contribution in [1.82, 2.24) is 4.90 Å². The number of nitrogens with one attached hydrogen (secondary N) is 1. The number of anilines is 2. The molecule has 2 aliphatic heterocycles. The van der Waals surface area contributed by atoms with Gasteiger partial charge in [0.25, 0.3) is 0 Å². The van der Waals surface area contributed by atoms with Gasteiger partial charge in [-0.1, -0.05) is 18.2 Å². The van der Waals surface area contributed by atoms with Gasteiger partial charge in [-0.05, 0) is 30.8 Å². The van der Waals surface area contributed by atoms with E-state index in [9.17, 15) is 4.79 Å². The SMILES string of the molecule is CN(CC(=O)Nc1ccc2c(c1)OCO2)Cc1ccccc1N1CCOCC1. The van der Waals surface area contributed by atoms with Crippen LogP contribution in [-0.4, -0.2) is 57.5 Å². The second-order valence-corrected chi connectivity index (χ2v) is 7.02. The minimum Gasteiger partial charge on any atom is -0.454 e. The van der Waals surface area contributed by atoms with Crippen LogP contribution < -0.4 is 19.7 Å². The van der Waals surface area contributed by atoms with Crippen LogP contribution in [0.1, 0.15) is 5.56 Å². The van der Waals surface area contributed by atoms with Gasteiger partial charge in [0.1, 0.15) is 0 Å². The summed E-state index contributed by atoms with van der Waals surface area (Å²) in [4.78, 5) is 16.8. The number of nitrogens with zero attached hydrogens (tertiary/aromatic N) is 2. The summed E-state index contributed by atoms with van der Waals surface area (Å²) in [5, 5.41) is 2.92. The van der Waals surface area contributed by atoms with Crippen molar-refractivity contribution in [3.63, 3.8) is 0 Å². The number of hydrogen-bond donors (Lipinski definition) is 1. The van der Waals surface area contributed by atoms with E-state index in [2.05, 4.69) is 28.4 Å². The van der Waals surface area contributed by atoms with E-state index in [0.717, 1.165) is 26.3 Å². The molecule has 7 nitrogen and oxygen atoms in total. The van der Waals surface area contributed by atoms with E-state index in [4.69, 9.17) is 14.2 Å². The Morgan fingerprint density at radius 1 is 1.11 bits per heavy atom. The maximum Gasteiger partial charge on any atom is 0.238 e. The van der Waals surface area contributed by atoms with Gasteiger partial charge in [-0.25, -0.2) is 0 Å². The van der Waals surface area contributed by atoms with Crippen molar-refractivity contribution >= 4 is 17.3 Å². The number of fused-ring (bicyclic) bond motifs is 1. The molecular formula is C21H25N3O4. The molecule has 7 heteroatoms. The average molecular weight is 383 g/mol. The fourth-order valence-electron chi connectivity index (χ4n) is 3.52. The summed E-state index contributed by atoms with van der Waals surface area (Å²) in [5.74, 6) is 1.30. The first-order valence-corrected chi connectivity index (χ1v) is 9.48. The molecule has 0 aromatic heterocycles. The highest BCUT2D eigenvalue weighted by molar-refractivity contribution is 5.92. The molecule has 1 amide bonds. The molecule has 0 bridgehead atoms. The smallest absolute Gasteiger partial charge is 0.238 e. The lowest BCUT2D eigenvalue weighted by atomic mass is 10.1. The lowest BCUT2D eigenvalue weighted by Crippen LogP contribution is -2.37. The summed E-state index contributed by atoms with van der Waals surface area (Å²) < 4.78 is 16.1. The van der Waals surface area contributed by atoms with E-state index in [0.29, 0.717) is 30.3 Å². The summed E-state index contributed by atoms with van der Waals surface area (Å²) in [7, 11) is 1.95. The van der Waals surface area contributed by atoms with E-state index in [1.165, 1.54) is 11.3 Å². The maximum absolute atomic E-state index is 12.4. The Kier molecular flexibility index (Phi) is 5.64. The molecule has 0 spiro atoms. The zero-order valence-corrected chi connectivity index (χ0v) is 16.0. The monoisotopic (exact) mass is 383 g/mol.